The normalized spacial score (nSPS) is 10.5. The molecule has 0 amide bonds. The maximum Gasteiger partial charge on any atom is 0.354 e. The highest BCUT2D eigenvalue weighted by Crippen LogP contribution is 2.18. The average molecular weight is 321 g/mol. The van der Waals surface area contributed by atoms with Crippen LogP contribution < -0.4 is 4.90 Å². The minimum absolute atomic E-state index is 0.00223. The number of rotatable bonds is 7. The van der Waals surface area contributed by atoms with Gasteiger partial charge in [0.1, 0.15) is 5.82 Å². The lowest BCUT2D eigenvalue weighted by Crippen LogP contribution is -2.26. The van der Waals surface area contributed by atoms with Gasteiger partial charge >= 0.3 is 5.97 Å². The highest BCUT2D eigenvalue weighted by molar-refractivity contribution is 6.30. The van der Waals surface area contributed by atoms with Crippen LogP contribution in [-0.4, -0.2) is 34.3 Å². The minimum Gasteiger partial charge on any atom is -0.477 e. The Kier molecular flexibility index (Phi) is 5.75. The highest BCUT2D eigenvalue weighted by Gasteiger charge is 2.12. The molecule has 0 aliphatic carbocycles. The molecule has 0 saturated heterocycles. The second kappa shape index (κ2) is 7.77. The molecule has 0 bridgehead atoms. The van der Waals surface area contributed by atoms with Crippen molar-refractivity contribution in [2.45, 2.75) is 13.0 Å². The fraction of sp³-hybridized carbons (Fsp3) is 0.250. The van der Waals surface area contributed by atoms with Gasteiger partial charge in [0.2, 0.25) is 0 Å². The number of hydrogen-bond acceptors (Lipinski definition) is 4. The molecular weight excluding hydrogens is 304 g/mol. The molecule has 0 aliphatic heterocycles. The molecule has 22 heavy (non-hydrogen) atoms. The Labute approximate surface area is 133 Å². The molecule has 0 fully saturated rings. The number of hydrogen-bond donors (Lipinski definition) is 2. The Hall–Kier alpha value is -2.11. The number of aromatic nitrogens is 1. The number of carboxylic acid groups (broad SMARTS) is 1. The van der Waals surface area contributed by atoms with E-state index in [-0.39, 0.29) is 12.3 Å². The van der Waals surface area contributed by atoms with Crippen molar-refractivity contribution in [3.8, 4) is 0 Å². The lowest BCUT2D eigenvalue weighted by Gasteiger charge is -2.24. The van der Waals surface area contributed by atoms with Gasteiger partial charge in [0, 0.05) is 24.7 Å². The molecule has 2 rings (SSSR count). The van der Waals surface area contributed by atoms with Gasteiger partial charge in [0.15, 0.2) is 5.69 Å². The third kappa shape index (κ3) is 4.44. The van der Waals surface area contributed by atoms with Crippen molar-refractivity contribution in [1.82, 2.24) is 4.98 Å². The second-order valence-electron chi connectivity index (χ2n) is 4.81. The van der Waals surface area contributed by atoms with Gasteiger partial charge in [-0.05, 0) is 36.2 Å². The number of pyridine rings is 1. The Balaban J connectivity index is 2.25. The summed E-state index contributed by atoms with van der Waals surface area (Å²) in [5, 5.41) is 18.8. The molecular formula is C16H17ClN2O3. The molecule has 0 unspecified atom stereocenters. The monoisotopic (exact) mass is 320 g/mol. The van der Waals surface area contributed by atoms with Crippen LogP contribution in [0.3, 0.4) is 0 Å². The molecule has 1 aromatic heterocycles. The van der Waals surface area contributed by atoms with Crippen molar-refractivity contribution in [1.29, 1.82) is 0 Å². The third-order valence-electron chi connectivity index (χ3n) is 3.13. The van der Waals surface area contributed by atoms with E-state index in [0.29, 0.717) is 30.4 Å². The largest absolute Gasteiger partial charge is 0.477 e. The van der Waals surface area contributed by atoms with E-state index in [0.717, 1.165) is 5.56 Å². The highest BCUT2D eigenvalue weighted by atomic mass is 35.5. The molecule has 6 heteroatoms. The fourth-order valence-corrected chi connectivity index (χ4v) is 2.32. The predicted molar refractivity (Wildman–Crippen MR) is 85.4 cm³/mol. The fourth-order valence-electron chi connectivity index (χ4n) is 2.11. The number of nitrogens with zero attached hydrogens (tertiary/aromatic N) is 2. The molecule has 0 saturated carbocycles. The Bertz CT molecular complexity index is 649. The summed E-state index contributed by atoms with van der Waals surface area (Å²) in [5.74, 6) is -0.500. The summed E-state index contributed by atoms with van der Waals surface area (Å²) in [5.41, 5.74) is 0.991. The zero-order chi connectivity index (χ0) is 15.9. The van der Waals surface area contributed by atoms with Crippen LogP contribution in [0.4, 0.5) is 5.82 Å². The van der Waals surface area contributed by atoms with Crippen molar-refractivity contribution < 1.29 is 15.0 Å². The van der Waals surface area contributed by atoms with Crippen LogP contribution in [0.25, 0.3) is 0 Å². The molecule has 2 N–H and O–H groups in total. The van der Waals surface area contributed by atoms with E-state index < -0.39 is 5.97 Å². The van der Waals surface area contributed by atoms with Crippen LogP contribution in [0.5, 0.6) is 0 Å². The molecule has 0 radical (unpaired) electrons. The van der Waals surface area contributed by atoms with Gasteiger partial charge in [-0.1, -0.05) is 29.8 Å². The summed E-state index contributed by atoms with van der Waals surface area (Å²) >= 11 is 5.99. The molecule has 5 nitrogen and oxygen atoms in total. The van der Waals surface area contributed by atoms with Crippen LogP contribution in [0.15, 0.2) is 42.5 Å². The lowest BCUT2D eigenvalue weighted by molar-refractivity contribution is 0.0690. The van der Waals surface area contributed by atoms with Gasteiger partial charge in [-0.15, -0.1) is 0 Å². The Morgan fingerprint density at radius 2 is 2.00 bits per heavy atom. The summed E-state index contributed by atoms with van der Waals surface area (Å²) in [6.45, 7) is 1.17. The van der Waals surface area contributed by atoms with Crippen molar-refractivity contribution in [2.75, 3.05) is 18.1 Å². The second-order valence-corrected chi connectivity index (χ2v) is 5.25. The first kappa shape index (κ1) is 16.3. The average Bonchev–Trinajstić information content (AvgIpc) is 2.51. The number of anilines is 1. The van der Waals surface area contributed by atoms with E-state index in [1.807, 2.05) is 23.1 Å². The van der Waals surface area contributed by atoms with Crippen LogP contribution in [0, 0.1) is 0 Å². The smallest absolute Gasteiger partial charge is 0.354 e. The first-order valence-corrected chi connectivity index (χ1v) is 7.28. The predicted octanol–water partition coefficient (Wildman–Crippen LogP) is 2.82. The molecule has 1 heterocycles. The van der Waals surface area contributed by atoms with Gasteiger partial charge in [-0.3, -0.25) is 0 Å². The van der Waals surface area contributed by atoms with Crippen molar-refractivity contribution in [2.24, 2.45) is 0 Å². The molecule has 1 aromatic carbocycles. The summed E-state index contributed by atoms with van der Waals surface area (Å²) in [6, 6.07) is 12.3. The topological polar surface area (TPSA) is 73.7 Å². The first-order chi connectivity index (χ1) is 10.6. The summed E-state index contributed by atoms with van der Waals surface area (Å²) in [6.07, 6.45) is 0.569. The number of carbonyl (C=O) groups is 1. The number of aromatic carboxylic acids is 1. The van der Waals surface area contributed by atoms with E-state index in [1.165, 1.54) is 6.07 Å². The number of aliphatic hydroxyl groups excluding tert-OH is 1. The molecule has 0 spiro atoms. The zero-order valence-electron chi connectivity index (χ0n) is 11.9. The van der Waals surface area contributed by atoms with Gasteiger partial charge in [-0.2, -0.15) is 0 Å². The summed E-state index contributed by atoms with van der Waals surface area (Å²) < 4.78 is 0. The third-order valence-corrected chi connectivity index (χ3v) is 3.36. The summed E-state index contributed by atoms with van der Waals surface area (Å²) in [4.78, 5) is 17.1. The SMILES string of the molecule is O=C(O)c1cccc(N(CCCO)Cc2cccc(Cl)c2)n1. The number of carboxylic acids is 1. The van der Waals surface area contributed by atoms with Crippen molar-refractivity contribution >= 4 is 23.4 Å². The summed E-state index contributed by atoms with van der Waals surface area (Å²) in [7, 11) is 0. The van der Waals surface area contributed by atoms with Gasteiger partial charge in [0.25, 0.3) is 0 Å². The first-order valence-electron chi connectivity index (χ1n) is 6.91. The molecule has 2 aromatic rings. The number of halogens is 1. The Morgan fingerprint density at radius 3 is 2.68 bits per heavy atom. The number of aliphatic hydroxyl groups is 1. The molecule has 116 valence electrons. The van der Waals surface area contributed by atoms with Crippen LogP contribution in [-0.2, 0) is 6.54 Å². The number of benzene rings is 1. The van der Waals surface area contributed by atoms with Crippen LogP contribution in [0.2, 0.25) is 5.02 Å². The van der Waals surface area contributed by atoms with Gasteiger partial charge in [-0.25, -0.2) is 9.78 Å². The Morgan fingerprint density at radius 1 is 1.23 bits per heavy atom. The van der Waals surface area contributed by atoms with E-state index in [9.17, 15) is 4.79 Å². The van der Waals surface area contributed by atoms with Crippen LogP contribution >= 0.6 is 11.6 Å². The van der Waals surface area contributed by atoms with E-state index in [1.54, 1.807) is 18.2 Å². The lowest BCUT2D eigenvalue weighted by atomic mass is 10.2. The molecule has 0 atom stereocenters. The zero-order valence-corrected chi connectivity index (χ0v) is 12.7. The standard InChI is InChI=1S/C16H17ClN2O3/c17-13-5-1-4-12(10-13)11-19(8-3-9-20)15-7-2-6-14(18-15)16(21)22/h1-2,4-7,10,20H,3,8-9,11H2,(H,21,22). The van der Waals surface area contributed by atoms with Gasteiger partial charge < -0.3 is 15.1 Å². The quantitative estimate of drug-likeness (QED) is 0.820. The van der Waals surface area contributed by atoms with Crippen molar-refractivity contribution in [3.63, 3.8) is 0 Å². The van der Waals surface area contributed by atoms with Crippen molar-refractivity contribution in [3.05, 3.63) is 58.7 Å². The van der Waals surface area contributed by atoms with E-state index >= 15 is 0 Å². The maximum absolute atomic E-state index is 11.1. The van der Waals surface area contributed by atoms with Gasteiger partial charge in [0.05, 0.1) is 0 Å². The minimum atomic E-state index is -1.06. The van der Waals surface area contributed by atoms with E-state index in [4.69, 9.17) is 21.8 Å². The molecule has 0 aliphatic rings. The maximum atomic E-state index is 11.1. The van der Waals surface area contributed by atoms with Crippen LogP contribution in [0.1, 0.15) is 22.5 Å². The van der Waals surface area contributed by atoms with E-state index in [2.05, 4.69) is 4.98 Å².